The fourth-order valence-electron chi connectivity index (χ4n) is 1.92. The lowest BCUT2D eigenvalue weighted by Crippen LogP contribution is -2.02. The van der Waals surface area contributed by atoms with Crippen LogP contribution in [0.4, 0.5) is 0 Å². The zero-order valence-electron chi connectivity index (χ0n) is 11.7. The Hall–Kier alpha value is -2.16. The van der Waals surface area contributed by atoms with Crippen LogP contribution in [0.15, 0.2) is 48.7 Å². The highest BCUT2D eigenvalue weighted by Crippen LogP contribution is 2.11. The van der Waals surface area contributed by atoms with Crippen molar-refractivity contribution in [3.05, 3.63) is 59.9 Å². The molecular weight excluding hydrogens is 250 g/mol. The summed E-state index contributed by atoms with van der Waals surface area (Å²) < 4.78 is 5.62. The molecule has 1 aromatic carbocycles. The summed E-state index contributed by atoms with van der Waals surface area (Å²) in [4.78, 5) is 15.6. The molecule has 0 N–H and O–H groups in total. The van der Waals surface area contributed by atoms with Gasteiger partial charge in [-0.25, -0.2) is 4.98 Å². The van der Waals surface area contributed by atoms with E-state index in [2.05, 4.69) is 17.1 Å². The number of rotatable bonds is 7. The zero-order chi connectivity index (χ0) is 14.2. The third-order valence-corrected chi connectivity index (χ3v) is 3.06. The van der Waals surface area contributed by atoms with Gasteiger partial charge in [0, 0.05) is 6.42 Å². The van der Waals surface area contributed by atoms with Crippen molar-refractivity contribution in [2.24, 2.45) is 0 Å². The average Bonchev–Trinajstić information content (AvgIpc) is 2.52. The highest BCUT2D eigenvalue weighted by molar-refractivity contribution is 5.93. The third kappa shape index (κ3) is 4.19. The Morgan fingerprint density at radius 1 is 1.15 bits per heavy atom. The second-order valence-corrected chi connectivity index (χ2v) is 4.59. The third-order valence-electron chi connectivity index (χ3n) is 3.06. The Kier molecular flexibility index (Phi) is 5.30. The van der Waals surface area contributed by atoms with Crippen LogP contribution in [0.1, 0.15) is 35.8 Å². The van der Waals surface area contributed by atoms with Crippen LogP contribution in [0.2, 0.25) is 0 Å². The number of benzene rings is 1. The summed E-state index contributed by atoms with van der Waals surface area (Å²) in [5, 5.41) is 0. The Morgan fingerprint density at radius 3 is 2.60 bits per heavy atom. The van der Waals surface area contributed by atoms with Crippen molar-refractivity contribution in [3.8, 4) is 5.75 Å². The standard InChI is InChI=1S/C17H19NO2/c1-2-17(19)16-11-10-15(13-18-16)20-12-6-9-14-7-4-3-5-8-14/h3-5,7-8,10-11,13H,2,6,9,12H2,1H3. The molecule has 0 aliphatic rings. The van der Waals surface area contributed by atoms with Crippen molar-refractivity contribution in [1.29, 1.82) is 0 Å². The minimum Gasteiger partial charge on any atom is -0.492 e. The summed E-state index contributed by atoms with van der Waals surface area (Å²) in [7, 11) is 0. The Balaban J connectivity index is 1.75. The molecular formula is C17H19NO2. The lowest BCUT2D eigenvalue weighted by atomic mass is 10.1. The molecule has 3 heteroatoms. The van der Waals surface area contributed by atoms with Crippen LogP contribution in [-0.4, -0.2) is 17.4 Å². The maximum Gasteiger partial charge on any atom is 0.180 e. The Labute approximate surface area is 119 Å². The number of ether oxygens (including phenoxy) is 1. The van der Waals surface area contributed by atoms with Crippen LogP contribution in [0, 0.1) is 0 Å². The summed E-state index contributed by atoms with van der Waals surface area (Å²) in [5.74, 6) is 0.770. The molecule has 2 rings (SSSR count). The van der Waals surface area contributed by atoms with E-state index in [0.29, 0.717) is 24.5 Å². The van der Waals surface area contributed by atoms with Crippen molar-refractivity contribution in [2.75, 3.05) is 6.61 Å². The fraction of sp³-hybridized carbons (Fsp3) is 0.294. The normalized spacial score (nSPS) is 10.2. The average molecular weight is 269 g/mol. The van der Waals surface area contributed by atoms with E-state index < -0.39 is 0 Å². The van der Waals surface area contributed by atoms with Crippen LogP contribution in [0.5, 0.6) is 5.75 Å². The molecule has 1 heterocycles. The molecule has 2 aromatic rings. The lowest BCUT2D eigenvalue weighted by Gasteiger charge is -2.06. The number of carbonyl (C=O) groups is 1. The monoisotopic (exact) mass is 269 g/mol. The molecule has 0 spiro atoms. The lowest BCUT2D eigenvalue weighted by molar-refractivity contribution is 0.0983. The molecule has 0 fully saturated rings. The van der Waals surface area contributed by atoms with Gasteiger partial charge in [-0.3, -0.25) is 4.79 Å². The topological polar surface area (TPSA) is 39.2 Å². The van der Waals surface area contributed by atoms with Crippen molar-refractivity contribution in [1.82, 2.24) is 4.98 Å². The van der Waals surface area contributed by atoms with Gasteiger partial charge in [0.15, 0.2) is 5.78 Å². The number of nitrogens with zero attached hydrogens (tertiary/aromatic N) is 1. The van der Waals surface area contributed by atoms with Crippen LogP contribution in [-0.2, 0) is 6.42 Å². The maximum atomic E-state index is 11.4. The van der Waals surface area contributed by atoms with E-state index in [1.807, 2.05) is 25.1 Å². The van der Waals surface area contributed by atoms with Gasteiger partial charge in [0.05, 0.1) is 12.8 Å². The molecule has 0 saturated carbocycles. The maximum absolute atomic E-state index is 11.4. The molecule has 0 radical (unpaired) electrons. The van der Waals surface area contributed by atoms with E-state index in [1.54, 1.807) is 18.3 Å². The van der Waals surface area contributed by atoms with Gasteiger partial charge in [-0.1, -0.05) is 37.3 Å². The van der Waals surface area contributed by atoms with Crippen LogP contribution < -0.4 is 4.74 Å². The van der Waals surface area contributed by atoms with E-state index in [4.69, 9.17) is 4.74 Å². The predicted molar refractivity (Wildman–Crippen MR) is 79.1 cm³/mol. The van der Waals surface area contributed by atoms with Gasteiger partial charge in [0.2, 0.25) is 0 Å². The zero-order valence-corrected chi connectivity index (χ0v) is 11.7. The van der Waals surface area contributed by atoms with Crippen molar-refractivity contribution in [3.63, 3.8) is 0 Å². The fourth-order valence-corrected chi connectivity index (χ4v) is 1.92. The predicted octanol–water partition coefficient (Wildman–Crippen LogP) is 3.69. The molecule has 0 saturated heterocycles. The summed E-state index contributed by atoms with van der Waals surface area (Å²) in [5.41, 5.74) is 1.82. The van der Waals surface area contributed by atoms with E-state index >= 15 is 0 Å². The van der Waals surface area contributed by atoms with Crippen molar-refractivity contribution in [2.45, 2.75) is 26.2 Å². The number of pyridine rings is 1. The first-order valence-electron chi connectivity index (χ1n) is 6.95. The van der Waals surface area contributed by atoms with Gasteiger partial charge in [0.1, 0.15) is 11.4 Å². The number of Topliss-reactive ketones (excluding diaryl/α,β-unsaturated/α-hetero) is 1. The first-order chi connectivity index (χ1) is 9.79. The number of carbonyl (C=O) groups excluding carboxylic acids is 1. The Morgan fingerprint density at radius 2 is 1.95 bits per heavy atom. The molecule has 0 unspecified atom stereocenters. The molecule has 0 bridgehead atoms. The van der Waals surface area contributed by atoms with Gasteiger partial charge >= 0.3 is 0 Å². The SMILES string of the molecule is CCC(=O)c1ccc(OCCCc2ccccc2)cn1. The number of hydrogen-bond acceptors (Lipinski definition) is 3. The smallest absolute Gasteiger partial charge is 0.180 e. The molecule has 0 amide bonds. The quantitative estimate of drug-likeness (QED) is 0.568. The van der Waals surface area contributed by atoms with Crippen LogP contribution in [0.25, 0.3) is 0 Å². The highest BCUT2D eigenvalue weighted by Gasteiger charge is 2.04. The van der Waals surface area contributed by atoms with E-state index in [9.17, 15) is 4.79 Å². The highest BCUT2D eigenvalue weighted by atomic mass is 16.5. The number of aromatic nitrogens is 1. The molecule has 104 valence electrons. The van der Waals surface area contributed by atoms with E-state index in [0.717, 1.165) is 12.8 Å². The van der Waals surface area contributed by atoms with Gasteiger partial charge in [-0.05, 0) is 30.5 Å². The summed E-state index contributed by atoms with van der Waals surface area (Å²) in [6.07, 6.45) is 4.05. The van der Waals surface area contributed by atoms with Crippen LogP contribution >= 0.6 is 0 Å². The van der Waals surface area contributed by atoms with Gasteiger partial charge in [-0.15, -0.1) is 0 Å². The minimum absolute atomic E-state index is 0.0561. The van der Waals surface area contributed by atoms with E-state index in [1.165, 1.54) is 5.56 Å². The first kappa shape index (κ1) is 14.3. The Bertz CT molecular complexity index is 535. The molecule has 0 aliphatic carbocycles. The van der Waals surface area contributed by atoms with E-state index in [-0.39, 0.29) is 5.78 Å². The second-order valence-electron chi connectivity index (χ2n) is 4.59. The van der Waals surface area contributed by atoms with Gasteiger partial charge < -0.3 is 4.74 Å². The summed E-state index contributed by atoms with van der Waals surface area (Å²) in [6, 6.07) is 13.9. The van der Waals surface area contributed by atoms with Crippen molar-refractivity contribution >= 4 is 5.78 Å². The molecule has 0 atom stereocenters. The number of aryl methyl sites for hydroxylation is 1. The molecule has 3 nitrogen and oxygen atoms in total. The first-order valence-corrected chi connectivity index (χ1v) is 6.95. The van der Waals surface area contributed by atoms with Crippen LogP contribution in [0.3, 0.4) is 0 Å². The minimum atomic E-state index is 0.0561. The largest absolute Gasteiger partial charge is 0.492 e. The molecule has 20 heavy (non-hydrogen) atoms. The van der Waals surface area contributed by atoms with Gasteiger partial charge in [-0.2, -0.15) is 0 Å². The second kappa shape index (κ2) is 7.43. The summed E-state index contributed by atoms with van der Waals surface area (Å²) in [6.45, 7) is 2.48. The number of ketones is 1. The van der Waals surface area contributed by atoms with Gasteiger partial charge in [0.25, 0.3) is 0 Å². The molecule has 0 aliphatic heterocycles. The molecule has 1 aromatic heterocycles. The summed E-state index contributed by atoms with van der Waals surface area (Å²) >= 11 is 0. The number of hydrogen-bond donors (Lipinski definition) is 0. The van der Waals surface area contributed by atoms with Crippen molar-refractivity contribution < 1.29 is 9.53 Å².